The zero-order chi connectivity index (χ0) is 20.5. The van der Waals surface area contributed by atoms with E-state index in [0.717, 1.165) is 12.8 Å². The van der Waals surface area contributed by atoms with Gasteiger partial charge in [0.2, 0.25) is 0 Å². The fraction of sp³-hybridized carbons (Fsp3) is 0.905. The average molecular weight is 437 g/mol. The molecule has 1 heterocycles. The van der Waals surface area contributed by atoms with Crippen LogP contribution in [0.15, 0.2) is 12.2 Å². The van der Waals surface area contributed by atoms with Gasteiger partial charge in [-0.3, -0.25) is 0 Å². The molecule has 0 aromatic rings. The molecule has 0 radical (unpaired) electrons. The number of hydrogen-bond acceptors (Lipinski definition) is 4. The molecule has 1 aliphatic rings. The van der Waals surface area contributed by atoms with E-state index in [1.54, 1.807) is 0 Å². The van der Waals surface area contributed by atoms with E-state index in [1.165, 1.54) is 77.0 Å². The fourth-order valence-electron chi connectivity index (χ4n) is 3.31. The first-order valence-corrected chi connectivity index (χ1v) is 13.8. The van der Waals surface area contributed by atoms with Crippen molar-refractivity contribution in [1.82, 2.24) is 0 Å². The van der Waals surface area contributed by atoms with Crippen LogP contribution in [0.4, 0.5) is 0 Å². The molecule has 7 heteroatoms. The van der Waals surface area contributed by atoms with Gasteiger partial charge >= 0.3 is 6.72 Å². The Bertz CT molecular complexity index is 441. The molecule has 28 heavy (non-hydrogen) atoms. The Morgan fingerprint density at radius 2 is 1.50 bits per heavy atom. The summed E-state index contributed by atoms with van der Waals surface area (Å²) >= 11 is 4.42. The van der Waals surface area contributed by atoms with Gasteiger partial charge in [-0.05, 0) is 50.3 Å². The van der Waals surface area contributed by atoms with Crippen molar-refractivity contribution in [2.75, 3.05) is 13.2 Å². The first-order valence-electron chi connectivity index (χ1n) is 11.1. The summed E-state index contributed by atoms with van der Waals surface area (Å²) in [7, 11) is 0. The van der Waals surface area contributed by atoms with Gasteiger partial charge < -0.3 is 23.8 Å². The maximum atomic E-state index is 9.06. The largest absolute Gasteiger partial charge is 0.350 e. The highest BCUT2D eigenvalue weighted by molar-refractivity contribution is 8.06. The molecule has 0 spiro atoms. The third-order valence-corrected chi connectivity index (χ3v) is 5.74. The van der Waals surface area contributed by atoms with Gasteiger partial charge in [0, 0.05) is 0 Å². The molecule has 2 N–H and O–H groups in total. The lowest BCUT2D eigenvalue weighted by Gasteiger charge is -2.13. The number of unbranched alkanes of at least 4 members (excludes halogenated alkanes) is 11. The van der Waals surface area contributed by atoms with Gasteiger partial charge in [-0.1, -0.05) is 70.4 Å². The minimum absolute atomic E-state index is 0.0775. The summed E-state index contributed by atoms with van der Waals surface area (Å²) in [6, 6.07) is 0. The van der Waals surface area contributed by atoms with Crippen LogP contribution in [0.5, 0.6) is 0 Å². The molecule has 166 valence electrons. The number of hydrogen-bond donors (Lipinski definition) is 2. The second kappa shape index (κ2) is 16.9. The highest BCUT2D eigenvalue weighted by atomic mass is 32.5. The Labute approximate surface area is 177 Å². The van der Waals surface area contributed by atoms with Crippen LogP contribution in [0.1, 0.15) is 96.8 Å². The van der Waals surface area contributed by atoms with E-state index in [4.69, 9.17) is 23.8 Å². The smallest absolute Gasteiger partial charge is 0.321 e. The molecule has 0 saturated carbocycles. The van der Waals surface area contributed by atoms with Gasteiger partial charge in [-0.25, -0.2) is 0 Å². The molecule has 0 bridgehead atoms. The van der Waals surface area contributed by atoms with Crippen molar-refractivity contribution < 1.29 is 23.8 Å². The van der Waals surface area contributed by atoms with E-state index in [9.17, 15) is 0 Å². The van der Waals surface area contributed by atoms with Gasteiger partial charge in [0.25, 0.3) is 0 Å². The van der Waals surface area contributed by atoms with E-state index in [0.29, 0.717) is 6.61 Å². The zero-order valence-corrected chi connectivity index (χ0v) is 19.3. The van der Waals surface area contributed by atoms with Crippen molar-refractivity contribution in [2.45, 2.75) is 109 Å². The van der Waals surface area contributed by atoms with Crippen LogP contribution in [0.25, 0.3) is 0 Å². The van der Waals surface area contributed by atoms with E-state index < -0.39 is 6.72 Å². The Morgan fingerprint density at radius 3 is 2.11 bits per heavy atom. The molecule has 5 nitrogen and oxygen atoms in total. The van der Waals surface area contributed by atoms with Crippen LogP contribution in [-0.4, -0.2) is 35.4 Å². The van der Waals surface area contributed by atoms with Crippen molar-refractivity contribution in [1.29, 1.82) is 0 Å². The van der Waals surface area contributed by atoms with E-state index in [-0.39, 0.29) is 19.0 Å². The van der Waals surface area contributed by atoms with Crippen molar-refractivity contribution in [3.63, 3.8) is 0 Å². The van der Waals surface area contributed by atoms with E-state index in [1.807, 2.05) is 0 Å². The molecule has 0 aliphatic carbocycles. The molecule has 0 aromatic carbocycles. The maximum absolute atomic E-state index is 9.06. The molecule has 2 atom stereocenters. The second-order valence-corrected chi connectivity index (χ2v) is 10.3. The lowest BCUT2D eigenvalue weighted by Crippen LogP contribution is -2.18. The summed E-state index contributed by atoms with van der Waals surface area (Å²) in [6.45, 7) is -0.838. The molecule has 1 aliphatic heterocycles. The fourth-order valence-corrected chi connectivity index (χ4v) is 3.85. The predicted octanol–water partition coefficient (Wildman–Crippen LogP) is 5.99. The third kappa shape index (κ3) is 16.0. The molecular formula is C21H41O5PS. The van der Waals surface area contributed by atoms with Crippen LogP contribution >= 0.6 is 6.72 Å². The third-order valence-electron chi connectivity index (χ3n) is 4.94. The van der Waals surface area contributed by atoms with Crippen LogP contribution in [0, 0.1) is 0 Å². The molecule has 0 unspecified atom stereocenters. The van der Waals surface area contributed by atoms with Crippen LogP contribution in [0.2, 0.25) is 0 Å². The summed E-state index contributed by atoms with van der Waals surface area (Å²) in [6.07, 6.45) is 21.9. The van der Waals surface area contributed by atoms with E-state index >= 15 is 0 Å². The quantitative estimate of drug-likeness (QED) is 0.156. The Kier molecular flexibility index (Phi) is 15.9. The normalized spacial score (nSPS) is 20.4. The molecule has 0 amide bonds. The van der Waals surface area contributed by atoms with Gasteiger partial charge in [0.15, 0.2) is 6.29 Å². The van der Waals surface area contributed by atoms with Gasteiger partial charge in [0.1, 0.15) is 6.10 Å². The van der Waals surface area contributed by atoms with Gasteiger partial charge in [-0.15, -0.1) is 0 Å². The number of ether oxygens (including phenoxy) is 2. The van der Waals surface area contributed by atoms with Crippen LogP contribution < -0.4 is 0 Å². The molecule has 1 rings (SSSR count). The summed E-state index contributed by atoms with van der Waals surface area (Å²) in [5, 5.41) is 0. The highest BCUT2D eigenvalue weighted by Crippen LogP contribution is 2.37. The van der Waals surface area contributed by atoms with Crippen molar-refractivity contribution >= 4 is 18.5 Å². The summed E-state index contributed by atoms with van der Waals surface area (Å²) < 4.78 is 16.0. The lowest BCUT2D eigenvalue weighted by molar-refractivity contribution is -0.0691. The molecule has 1 fully saturated rings. The maximum Gasteiger partial charge on any atom is 0.321 e. The first-order chi connectivity index (χ1) is 13.5. The molecule has 1 saturated heterocycles. The van der Waals surface area contributed by atoms with Crippen molar-refractivity contribution in [3.8, 4) is 0 Å². The Balaban J connectivity index is 1.83. The summed E-state index contributed by atoms with van der Waals surface area (Å²) in [5.74, 6) is 0. The van der Waals surface area contributed by atoms with Crippen LogP contribution in [-0.2, 0) is 25.8 Å². The topological polar surface area (TPSA) is 68.2 Å². The van der Waals surface area contributed by atoms with Gasteiger partial charge in [0.05, 0.1) is 13.2 Å². The summed E-state index contributed by atoms with van der Waals surface area (Å²) in [5.41, 5.74) is 0. The number of allylic oxidation sites excluding steroid dienone is 2. The second-order valence-electron chi connectivity index (χ2n) is 7.68. The standard InChI is InChI=1S/C21H41O5PS/c1-2-3-4-5-6-7-8-9-10-11-12-13-14-15-16-17-21-24-18-20(26-21)19-25-27(22,23)28/h8-9,20-21H,2-7,10-19H2,1H3,(H2,22,23,28)/b9-8+/t20-,21-/m0/s1. The average Bonchev–Trinajstić information content (AvgIpc) is 3.10. The van der Waals surface area contributed by atoms with Crippen LogP contribution in [0.3, 0.4) is 0 Å². The lowest BCUT2D eigenvalue weighted by atomic mass is 10.1. The summed E-state index contributed by atoms with van der Waals surface area (Å²) in [4.78, 5) is 18.1. The first kappa shape index (κ1) is 26.2. The monoisotopic (exact) mass is 436 g/mol. The van der Waals surface area contributed by atoms with Crippen molar-refractivity contribution in [3.05, 3.63) is 12.2 Å². The zero-order valence-electron chi connectivity index (χ0n) is 17.6. The Morgan fingerprint density at radius 1 is 0.929 bits per heavy atom. The number of rotatable bonds is 18. The highest BCUT2D eigenvalue weighted by Gasteiger charge is 2.27. The predicted molar refractivity (Wildman–Crippen MR) is 119 cm³/mol. The SMILES string of the molecule is CCCCCCC/C=C/CCCCCCCC[C@H]1OC[C@@H](COP(O)(O)=S)O1. The Hall–Kier alpha value is 0.190. The van der Waals surface area contributed by atoms with Crippen molar-refractivity contribution in [2.24, 2.45) is 0 Å². The van der Waals surface area contributed by atoms with E-state index in [2.05, 4.69) is 30.9 Å². The molecule has 0 aromatic heterocycles. The minimum Gasteiger partial charge on any atom is -0.350 e. The molecular weight excluding hydrogens is 395 g/mol. The minimum atomic E-state index is -3.60. The van der Waals surface area contributed by atoms with Gasteiger partial charge in [-0.2, -0.15) is 0 Å².